The van der Waals surface area contributed by atoms with Gasteiger partial charge in [-0.3, -0.25) is 0 Å². The molecule has 0 aliphatic carbocycles. The summed E-state index contributed by atoms with van der Waals surface area (Å²) < 4.78 is 8.87. The van der Waals surface area contributed by atoms with Crippen molar-refractivity contribution in [3.8, 4) is 44.5 Å². The SMILES string of the molecule is c1cc(-c2ccc(-c3cccc4ccccc34)cc2)cc(N(c2ccc(-c3ccc4c(c3)sc3ccccc34)cc2)c2ccccc2-c2ccc3oc4ccccc4c3c2)c1. The first-order chi connectivity index (χ1) is 30.2. The number of furan rings is 1. The highest BCUT2D eigenvalue weighted by Crippen LogP contribution is 2.44. The molecular weight excluding hydrogens is 759 g/mol. The molecule has 10 aromatic carbocycles. The van der Waals surface area contributed by atoms with Gasteiger partial charge < -0.3 is 9.32 Å². The van der Waals surface area contributed by atoms with Crippen molar-refractivity contribution >= 4 is 81.3 Å². The molecule has 2 heterocycles. The fraction of sp³-hybridized carbons (Fsp3) is 0. The number of fused-ring (bicyclic) bond motifs is 7. The number of para-hydroxylation sites is 2. The van der Waals surface area contributed by atoms with E-state index in [9.17, 15) is 0 Å². The molecule has 0 fully saturated rings. The smallest absolute Gasteiger partial charge is 0.135 e. The summed E-state index contributed by atoms with van der Waals surface area (Å²) >= 11 is 1.86. The summed E-state index contributed by atoms with van der Waals surface area (Å²) in [5.41, 5.74) is 14.5. The number of benzene rings is 10. The van der Waals surface area contributed by atoms with Crippen molar-refractivity contribution in [3.05, 3.63) is 224 Å². The predicted octanol–water partition coefficient (Wildman–Crippen LogP) is 17.2. The quantitative estimate of drug-likeness (QED) is 0.160. The van der Waals surface area contributed by atoms with E-state index in [0.29, 0.717) is 0 Å². The van der Waals surface area contributed by atoms with Crippen molar-refractivity contribution < 1.29 is 4.42 Å². The zero-order valence-electron chi connectivity index (χ0n) is 33.1. The molecule has 0 saturated heterocycles. The lowest BCUT2D eigenvalue weighted by Crippen LogP contribution is -2.11. The van der Waals surface area contributed by atoms with E-state index in [-0.39, 0.29) is 0 Å². The third-order valence-electron chi connectivity index (χ3n) is 12.1. The average Bonchev–Trinajstić information content (AvgIpc) is 3.90. The molecule has 0 unspecified atom stereocenters. The van der Waals surface area contributed by atoms with E-state index in [1.54, 1.807) is 0 Å². The highest BCUT2D eigenvalue weighted by molar-refractivity contribution is 7.25. The first-order valence-corrected chi connectivity index (χ1v) is 21.5. The average molecular weight is 796 g/mol. The molecule has 286 valence electrons. The van der Waals surface area contributed by atoms with Gasteiger partial charge in [-0.25, -0.2) is 0 Å². The molecule has 0 spiro atoms. The van der Waals surface area contributed by atoms with Crippen LogP contribution in [0.1, 0.15) is 0 Å². The van der Waals surface area contributed by atoms with E-state index in [2.05, 4.69) is 217 Å². The summed E-state index contributed by atoms with van der Waals surface area (Å²) in [6.45, 7) is 0. The fourth-order valence-corrected chi connectivity index (χ4v) is 10.2. The van der Waals surface area contributed by atoms with Crippen LogP contribution in [-0.4, -0.2) is 0 Å². The van der Waals surface area contributed by atoms with Gasteiger partial charge in [0.05, 0.1) is 5.69 Å². The molecule has 0 aliphatic heterocycles. The molecule has 12 aromatic rings. The van der Waals surface area contributed by atoms with Crippen LogP contribution in [0.25, 0.3) is 97.4 Å². The van der Waals surface area contributed by atoms with E-state index < -0.39 is 0 Å². The second kappa shape index (κ2) is 14.5. The van der Waals surface area contributed by atoms with Crippen LogP contribution in [0.15, 0.2) is 229 Å². The molecule has 3 heteroatoms. The summed E-state index contributed by atoms with van der Waals surface area (Å²) in [4.78, 5) is 2.40. The Morgan fingerprint density at radius 2 is 0.918 bits per heavy atom. The van der Waals surface area contributed by atoms with Gasteiger partial charge in [-0.1, -0.05) is 164 Å². The fourth-order valence-electron chi connectivity index (χ4n) is 9.09. The van der Waals surface area contributed by atoms with Gasteiger partial charge in [0.15, 0.2) is 0 Å². The normalized spacial score (nSPS) is 11.6. The molecule has 12 rings (SSSR count). The molecule has 61 heavy (non-hydrogen) atoms. The minimum Gasteiger partial charge on any atom is -0.456 e. The van der Waals surface area contributed by atoms with Crippen molar-refractivity contribution in [2.75, 3.05) is 4.90 Å². The summed E-state index contributed by atoms with van der Waals surface area (Å²) in [6, 6.07) is 81.3. The zero-order valence-corrected chi connectivity index (χ0v) is 33.9. The van der Waals surface area contributed by atoms with Crippen LogP contribution in [0.2, 0.25) is 0 Å². The van der Waals surface area contributed by atoms with E-state index in [1.807, 2.05) is 23.5 Å². The Labute approximate surface area is 357 Å². The number of hydrogen-bond donors (Lipinski definition) is 0. The molecule has 2 aromatic heterocycles. The summed E-state index contributed by atoms with van der Waals surface area (Å²) in [7, 11) is 0. The lowest BCUT2D eigenvalue weighted by molar-refractivity contribution is 0.669. The molecule has 0 atom stereocenters. The highest BCUT2D eigenvalue weighted by Gasteiger charge is 2.19. The van der Waals surface area contributed by atoms with E-state index >= 15 is 0 Å². The van der Waals surface area contributed by atoms with E-state index in [4.69, 9.17) is 4.42 Å². The summed E-state index contributed by atoms with van der Waals surface area (Å²) in [6.07, 6.45) is 0. The molecule has 0 radical (unpaired) electrons. The van der Waals surface area contributed by atoms with Crippen LogP contribution in [-0.2, 0) is 0 Å². The topological polar surface area (TPSA) is 16.4 Å². The summed E-state index contributed by atoms with van der Waals surface area (Å²) in [5.74, 6) is 0. The Hall–Kier alpha value is -7.72. The van der Waals surface area contributed by atoms with E-state index in [1.165, 1.54) is 58.8 Å². The third kappa shape index (κ3) is 6.18. The molecule has 0 N–H and O–H groups in total. The maximum atomic E-state index is 6.24. The molecule has 0 amide bonds. The van der Waals surface area contributed by atoms with Crippen molar-refractivity contribution in [2.45, 2.75) is 0 Å². The van der Waals surface area contributed by atoms with Crippen LogP contribution in [0.5, 0.6) is 0 Å². The summed E-state index contributed by atoms with van der Waals surface area (Å²) in [5, 5.41) is 7.39. The van der Waals surface area contributed by atoms with Gasteiger partial charge in [0.1, 0.15) is 11.2 Å². The largest absolute Gasteiger partial charge is 0.456 e. The minimum absolute atomic E-state index is 0.892. The Morgan fingerprint density at radius 1 is 0.311 bits per heavy atom. The third-order valence-corrected chi connectivity index (χ3v) is 13.2. The lowest BCUT2D eigenvalue weighted by atomic mass is 9.96. The second-order valence-electron chi connectivity index (χ2n) is 15.7. The first kappa shape index (κ1) is 35.2. The lowest BCUT2D eigenvalue weighted by Gasteiger charge is -2.28. The maximum Gasteiger partial charge on any atom is 0.135 e. The molecule has 2 nitrogen and oxygen atoms in total. The van der Waals surface area contributed by atoms with Crippen molar-refractivity contribution in [2.24, 2.45) is 0 Å². The van der Waals surface area contributed by atoms with Crippen LogP contribution in [0, 0.1) is 0 Å². The number of rotatable bonds is 7. The van der Waals surface area contributed by atoms with Gasteiger partial charge in [-0.2, -0.15) is 0 Å². The number of nitrogens with zero attached hydrogens (tertiary/aromatic N) is 1. The molecule has 0 aliphatic rings. The number of anilines is 3. The Balaban J connectivity index is 0.969. The minimum atomic E-state index is 0.892. The predicted molar refractivity (Wildman–Crippen MR) is 261 cm³/mol. The van der Waals surface area contributed by atoms with Gasteiger partial charge in [0.2, 0.25) is 0 Å². The van der Waals surface area contributed by atoms with Gasteiger partial charge >= 0.3 is 0 Å². The molecule has 0 saturated carbocycles. The molecule has 0 bridgehead atoms. The first-order valence-electron chi connectivity index (χ1n) is 20.7. The van der Waals surface area contributed by atoms with Crippen LogP contribution in [0.4, 0.5) is 17.1 Å². The Bertz CT molecular complexity index is 3590. The van der Waals surface area contributed by atoms with Crippen molar-refractivity contribution in [1.82, 2.24) is 0 Å². The van der Waals surface area contributed by atoms with Gasteiger partial charge in [0, 0.05) is 47.9 Å². The van der Waals surface area contributed by atoms with Gasteiger partial charge in [-0.05, 0) is 110 Å². The van der Waals surface area contributed by atoms with Crippen LogP contribution in [0.3, 0.4) is 0 Å². The number of thiophene rings is 1. The zero-order chi connectivity index (χ0) is 40.3. The standard InChI is InChI=1S/C58H37NOS/c1-2-15-47-40(11-1)12-10-19-48(47)41-25-23-38(24-26-41)42-13-9-14-46(35-42)59(45-31-27-39(28-32-45)43-29-33-52-51-18-5-8-22-57(51)61-58(52)37-43)54-20-6-3-16-49(54)44-30-34-56-53(36-44)50-17-4-7-21-55(50)60-56/h1-37H. The van der Waals surface area contributed by atoms with Crippen LogP contribution >= 0.6 is 11.3 Å². The Kier molecular flexibility index (Phi) is 8.39. The highest BCUT2D eigenvalue weighted by atomic mass is 32.1. The van der Waals surface area contributed by atoms with Crippen LogP contribution < -0.4 is 4.90 Å². The van der Waals surface area contributed by atoms with Crippen molar-refractivity contribution in [3.63, 3.8) is 0 Å². The van der Waals surface area contributed by atoms with E-state index in [0.717, 1.165) is 55.7 Å². The molecular formula is C58H37NOS. The second-order valence-corrected chi connectivity index (χ2v) is 16.8. The van der Waals surface area contributed by atoms with Gasteiger partial charge in [0.25, 0.3) is 0 Å². The Morgan fingerprint density at radius 3 is 1.80 bits per heavy atom. The maximum absolute atomic E-state index is 6.24. The van der Waals surface area contributed by atoms with Gasteiger partial charge in [-0.15, -0.1) is 11.3 Å². The van der Waals surface area contributed by atoms with Crippen molar-refractivity contribution in [1.29, 1.82) is 0 Å². The monoisotopic (exact) mass is 795 g/mol. The number of hydrogen-bond acceptors (Lipinski definition) is 3.